The van der Waals surface area contributed by atoms with Crippen molar-refractivity contribution >= 4 is 6.29 Å². The van der Waals surface area contributed by atoms with Crippen molar-refractivity contribution in [2.75, 3.05) is 0 Å². The molecule has 0 fully saturated rings. The molecule has 0 bridgehead atoms. The number of aldehydes is 1. The van der Waals surface area contributed by atoms with Gasteiger partial charge >= 0.3 is 0 Å². The van der Waals surface area contributed by atoms with Crippen molar-refractivity contribution in [2.24, 2.45) is 5.92 Å². The summed E-state index contributed by atoms with van der Waals surface area (Å²) in [5.41, 5.74) is 3.18. The Morgan fingerprint density at radius 3 is 2.80 bits per heavy atom. The minimum absolute atomic E-state index is 0.236. The average molecular weight is 202 g/mol. The summed E-state index contributed by atoms with van der Waals surface area (Å²) in [7, 11) is 0. The number of benzene rings is 1. The molecule has 1 aromatic rings. The molecule has 1 aliphatic rings. The van der Waals surface area contributed by atoms with E-state index in [2.05, 4.69) is 38.1 Å². The Morgan fingerprint density at radius 2 is 2.13 bits per heavy atom. The molecule has 15 heavy (non-hydrogen) atoms. The lowest BCUT2D eigenvalue weighted by Crippen LogP contribution is -2.24. The summed E-state index contributed by atoms with van der Waals surface area (Å²) >= 11 is 0. The summed E-state index contributed by atoms with van der Waals surface area (Å²) in [6.45, 7) is 4.60. The highest BCUT2D eigenvalue weighted by molar-refractivity contribution is 5.49. The molecule has 2 rings (SSSR count). The zero-order valence-corrected chi connectivity index (χ0v) is 9.49. The largest absolute Gasteiger partial charge is 0.303 e. The minimum Gasteiger partial charge on any atom is -0.303 e. The lowest BCUT2D eigenvalue weighted by Gasteiger charge is -2.27. The van der Waals surface area contributed by atoms with Crippen molar-refractivity contribution in [3.8, 4) is 0 Å². The molecule has 1 aliphatic carbocycles. The lowest BCUT2D eigenvalue weighted by atomic mass is 9.76. The van der Waals surface area contributed by atoms with Gasteiger partial charge in [0, 0.05) is 6.42 Å². The Labute approximate surface area is 91.5 Å². The predicted octanol–water partition coefficient (Wildman–Crippen LogP) is 3.12. The minimum atomic E-state index is 0.236. The standard InChI is InChI=1S/C14H18O/c1-14(2)12(7-5-9-15)10-11-6-3-4-8-13(11)14/h3-4,6,8-9,12H,5,7,10H2,1-2H3. The van der Waals surface area contributed by atoms with Crippen LogP contribution in [0.1, 0.15) is 37.8 Å². The van der Waals surface area contributed by atoms with E-state index in [1.807, 2.05) is 0 Å². The topological polar surface area (TPSA) is 17.1 Å². The van der Waals surface area contributed by atoms with Crippen LogP contribution in [0.5, 0.6) is 0 Å². The molecule has 0 radical (unpaired) electrons. The number of hydrogen-bond acceptors (Lipinski definition) is 1. The summed E-state index contributed by atoms with van der Waals surface area (Å²) in [4.78, 5) is 10.4. The van der Waals surface area contributed by atoms with Crippen LogP contribution in [0.3, 0.4) is 0 Å². The van der Waals surface area contributed by atoms with Gasteiger partial charge in [-0.25, -0.2) is 0 Å². The molecule has 1 nitrogen and oxygen atoms in total. The van der Waals surface area contributed by atoms with Gasteiger partial charge in [-0.1, -0.05) is 38.1 Å². The van der Waals surface area contributed by atoms with Gasteiger partial charge in [0.1, 0.15) is 6.29 Å². The van der Waals surface area contributed by atoms with Crippen LogP contribution in [0.2, 0.25) is 0 Å². The second kappa shape index (κ2) is 3.80. The van der Waals surface area contributed by atoms with Crippen LogP contribution in [0.15, 0.2) is 24.3 Å². The van der Waals surface area contributed by atoms with Crippen LogP contribution in [-0.2, 0) is 16.6 Å². The third-order valence-electron chi connectivity index (χ3n) is 3.83. The van der Waals surface area contributed by atoms with Crippen LogP contribution in [-0.4, -0.2) is 6.29 Å². The average Bonchev–Trinajstić information content (AvgIpc) is 2.48. The molecule has 0 amide bonds. The zero-order valence-electron chi connectivity index (χ0n) is 9.49. The van der Waals surface area contributed by atoms with Gasteiger partial charge in [0.25, 0.3) is 0 Å². The summed E-state index contributed by atoms with van der Waals surface area (Å²) in [6.07, 6.45) is 3.89. The fourth-order valence-electron chi connectivity index (χ4n) is 2.80. The first kappa shape index (κ1) is 10.4. The fourth-order valence-corrected chi connectivity index (χ4v) is 2.80. The second-order valence-corrected chi connectivity index (χ2v) is 5.02. The first-order valence-corrected chi connectivity index (χ1v) is 5.68. The summed E-state index contributed by atoms with van der Waals surface area (Å²) in [5.74, 6) is 0.625. The van der Waals surface area contributed by atoms with Gasteiger partial charge in [0.05, 0.1) is 0 Å². The Morgan fingerprint density at radius 1 is 1.40 bits per heavy atom. The molecule has 1 unspecified atom stereocenters. The molecule has 0 heterocycles. The molecule has 1 heteroatoms. The molecule has 1 aromatic carbocycles. The van der Waals surface area contributed by atoms with Crippen LogP contribution in [0, 0.1) is 5.92 Å². The van der Waals surface area contributed by atoms with Gasteiger partial charge in [0.2, 0.25) is 0 Å². The van der Waals surface area contributed by atoms with E-state index < -0.39 is 0 Å². The van der Waals surface area contributed by atoms with Crippen LogP contribution >= 0.6 is 0 Å². The highest BCUT2D eigenvalue weighted by Gasteiger charge is 2.38. The highest BCUT2D eigenvalue weighted by atomic mass is 16.1. The SMILES string of the molecule is CC1(C)c2ccccc2CC1CCC=O. The Kier molecular flexibility index (Phi) is 2.64. The summed E-state index contributed by atoms with van der Waals surface area (Å²) in [6, 6.07) is 8.67. The summed E-state index contributed by atoms with van der Waals surface area (Å²) < 4.78 is 0. The fraction of sp³-hybridized carbons (Fsp3) is 0.500. The van der Waals surface area contributed by atoms with Crippen molar-refractivity contribution in [3.63, 3.8) is 0 Å². The third kappa shape index (κ3) is 1.71. The molecule has 0 aromatic heterocycles. The van der Waals surface area contributed by atoms with Gasteiger partial charge in [-0.2, -0.15) is 0 Å². The van der Waals surface area contributed by atoms with Crippen LogP contribution < -0.4 is 0 Å². The number of carbonyl (C=O) groups is 1. The Hall–Kier alpha value is -1.11. The predicted molar refractivity (Wildman–Crippen MR) is 62.0 cm³/mol. The smallest absolute Gasteiger partial charge is 0.120 e. The van der Waals surface area contributed by atoms with Crippen molar-refractivity contribution in [3.05, 3.63) is 35.4 Å². The molecule has 0 saturated carbocycles. The molecule has 0 N–H and O–H groups in total. The monoisotopic (exact) mass is 202 g/mol. The van der Waals surface area contributed by atoms with E-state index in [-0.39, 0.29) is 5.41 Å². The maximum absolute atomic E-state index is 10.4. The van der Waals surface area contributed by atoms with E-state index >= 15 is 0 Å². The van der Waals surface area contributed by atoms with Gasteiger partial charge in [-0.15, -0.1) is 0 Å². The van der Waals surface area contributed by atoms with E-state index in [1.54, 1.807) is 0 Å². The maximum atomic E-state index is 10.4. The highest BCUT2D eigenvalue weighted by Crippen LogP contribution is 2.44. The summed E-state index contributed by atoms with van der Waals surface area (Å²) in [5, 5.41) is 0. The second-order valence-electron chi connectivity index (χ2n) is 5.02. The van der Waals surface area contributed by atoms with Crippen molar-refractivity contribution in [1.29, 1.82) is 0 Å². The normalized spacial score (nSPS) is 22.4. The van der Waals surface area contributed by atoms with E-state index in [0.717, 1.165) is 19.1 Å². The van der Waals surface area contributed by atoms with E-state index in [1.165, 1.54) is 11.1 Å². The van der Waals surface area contributed by atoms with Crippen molar-refractivity contribution in [2.45, 2.75) is 38.5 Å². The number of carbonyl (C=O) groups excluding carboxylic acids is 1. The van der Waals surface area contributed by atoms with Crippen molar-refractivity contribution in [1.82, 2.24) is 0 Å². The first-order valence-electron chi connectivity index (χ1n) is 5.68. The van der Waals surface area contributed by atoms with Crippen LogP contribution in [0.4, 0.5) is 0 Å². The molecular weight excluding hydrogens is 184 g/mol. The number of fused-ring (bicyclic) bond motifs is 1. The Bertz CT molecular complexity index is 365. The number of rotatable bonds is 3. The van der Waals surface area contributed by atoms with E-state index in [9.17, 15) is 4.79 Å². The quantitative estimate of drug-likeness (QED) is 0.688. The van der Waals surface area contributed by atoms with Gasteiger partial charge < -0.3 is 4.79 Å². The molecular formula is C14H18O. The van der Waals surface area contributed by atoms with E-state index in [0.29, 0.717) is 12.3 Å². The molecule has 0 aliphatic heterocycles. The molecule has 0 spiro atoms. The van der Waals surface area contributed by atoms with Crippen molar-refractivity contribution < 1.29 is 4.79 Å². The number of hydrogen-bond donors (Lipinski definition) is 0. The molecule has 0 saturated heterocycles. The Balaban J connectivity index is 2.26. The third-order valence-corrected chi connectivity index (χ3v) is 3.83. The lowest BCUT2D eigenvalue weighted by molar-refractivity contribution is -0.108. The van der Waals surface area contributed by atoms with Gasteiger partial charge in [0.15, 0.2) is 0 Å². The first-order chi connectivity index (χ1) is 7.16. The van der Waals surface area contributed by atoms with Gasteiger partial charge in [-0.3, -0.25) is 0 Å². The molecule has 1 atom stereocenters. The maximum Gasteiger partial charge on any atom is 0.120 e. The van der Waals surface area contributed by atoms with Gasteiger partial charge in [-0.05, 0) is 35.3 Å². The zero-order chi connectivity index (χ0) is 10.9. The van der Waals surface area contributed by atoms with Crippen LogP contribution in [0.25, 0.3) is 0 Å². The van der Waals surface area contributed by atoms with E-state index in [4.69, 9.17) is 0 Å². The molecule has 80 valence electrons.